The van der Waals surface area contributed by atoms with Crippen LogP contribution in [0.4, 0.5) is 0 Å². The minimum Gasteiger partial charge on any atom is -0.481 e. The molecule has 2 saturated carbocycles. The molecule has 0 bridgehead atoms. The van der Waals surface area contributed by atoms with E-state index in [2.05, 4.69) is 103 Å². The van der Waals surface area contributed by atoms with Crippen LogP contribution in [0.15, 0.2) is 147 Å². The molecule has 2 aliphatic rings. The van der Waals surface area contributed by atoms with Crippen LogP contribution in [-0.2, 0) is 67.3 Å². The zero-order valence-electron chi connectivity index (χ0n) is 39.6. The molecule has 0 aliphatic heterocycles. The number of aromatic nitrogens is 6. The maximum absolute atomic E-state index is 10.7. The number of rotatable bonds is 15. The van der Waals surface area contributed by atoms with E-state index in [1.807, 2.05) is 74.4 Å². The van der Waals surface area contributed by atoms with Crippen LogP contribution >= 0.6 is 0 Å². The highest BCUT2D eigenvalue weighted by Gasteiger charge is 2.40. The fourth-order valence-electron chi connectivity index (χ4n) is 8.01. The summed E-state index contributed by atoms with van der Waals surface area (Å²) in [6.45, 7) is 0. The maximum Gasteiger partial charge on any atom is 0.306 e. The van der Waals surface area contributed by atoms with Gasteiger partial charge >= 0.3 is 35.8 Å². The second-order valence-electron chi connectivity index (χ2n) is 17.3. The van der Waals surface area contributed by atoms with Crippen molar-refractivity contribution >= 4 is 35.8 Å². The molecule has 0 radical (unpaired) electrons. The quantitative estimate of drug-likeness (QED) is 0.0586. The van der Waals surface area contributed by atoms with Gasteiger partial charge in [-0.1, -0.05) is 0 Å². The van der Waals surface area contributed by atoms with Gasteiger partial charge in [-0.2, -0.15) is 0 Å². The third kappa shape index (κ3) is 21.6. The van der Waals surface area contributed by atoms with Crippen molar-refractivity contribution in [1.82, 2.24) is 29.9 Å². The Bertz CT molecular complexity index is 2080. The van der Waals surface area contributed by atoms with E-state index in [-0.39, 0.29) is 38.5 Å². The van der Waals surface area contributed by atoms with E-state index in [0.717, 1.165) is 38.5 Å². The summed E-state index contributed by atoms with van der Waals surface area (Å²) in [7, 11) is 0. The lowest BCUT2D eigenvalue weighted by molar-refractivity contribution is -0.156. The lowest BCUT2D eigenvalue weighted by Gasteiger charge is -2.28. The van der Waals surface area contributed by atoms with E-state index in [1.165, 1.54) is 33.4 Å². The average Bonchev–Trinajstić information content (AvgIpc) is 3.41. The van der Waals surface area contributed by atoms with Crippen molar-refractivity contribution in [2.75, 3.05) is 0 Å². The van der Waals surface area contributed by atoms with Crippen LogP contribution in [0, 0.1) is 35.5 Å². The number of aryl methyl sites for hydroxylation is 6. The van der Waals surface area contributed by atoms with Gasteiger partial charge in [-0.25, -0.2) is 0 Å². The van der Waals surface area contributed by atoms with E-state index >= 15 is 0 Å². The summed E-state index contributed by atoms with van der Waals surface area (Å²) in [4.78, 5) is 88.2. The molecule has 378 valence electrons. The zero-order valence-corrected chi connectivity index (χ0v) is 39.6. The number of carboxylic acid groups (broad SMARTS) is 6. The maximum atomic E-state index is 10.7. The van der Waals surface area contributed by atoms with Crippen LogP contribution < -0.4 is 0 Å². The second kappa shape index (κ2) is 31.0. The van der Waals surface area contributed by atoms with E-state index in [1.54, 1.807) is 0 Å². The Morgan fingerprint density at radius 3 is 0.472 bits per heavy atom. The summed E-state index contributed by atoms with van der Waals surface area (Å²) in [5, 5.41) is 52.5. The molecule has 6 aromatic rings. The summed E-state index contributed by atoms with van der Waals surface area (Å²) in [5.74, 6) is -11.9. The lowest BCUT2D eigenvalue weighted by Crippen LogP contribution is -2.34. The Labute approximate surface area is 417 Å². The third-order valence-corrected chi connectivity index (χ3v) is 12.1. The number of aliphatic carboxylic acids is 6. The minimum atomic E-state index is -1.12. The summed E-state index contributed by atoms with van der Waals surface area (Å²) < 4.78 is 0. The first-order valence-electron chi connectivity index (χ1n) is 23.4. The molecular formula is C54H60N6O12. The summed E-state index contributed by atoms with van der Waals surface area (Å²) >= 11 is 0. The molecule has 2 aliphatic carbocycles. The van der Waals surface area contributed by atoms with Gasteiger partial charge in [-0.15, -0.1) is 0 Å². The molecular weight excluding hydrogens is 925 g/mol. The van der Waals surface area contributed by atoms with Crippen LogP contribution in [0.5, 0.6) is 0 Å². The first kappa shape index (κ1) is 56.3. The Balaban J connectivity index is 0.000000195. The van der Waals surface area contributed by atoms with Gasteiger partial charge in [0.1, 0.15) is 0 Å². The van der Waals surface area contributed by atoms with Crippen molar-refractivity contribution in [3.05, 3.63) is 181 Å². The van der Waals surface area contributed by atoms with Gasteiger partial charge in [0.15, 0.2) is 0 Å². The van der Waals surface area contributed by atoms with E-state index in [9.17, 15) is 28.8 Å². The molecule has 6 heterocycles. The van der Waals surface area contributed by atoms with Gasteiger partial charge in [0.2, 0.25) is 0 Å². The van der Waals surface area contributed by atoms with Crippen molar-refractivity contribution in [1.29, 1.82) is 0 Å². The molecule has 2 fully saturated rings. The van der Waals surface area contributed by atoms with Crippen molar-refractivity contribution in [2.24, 2.45) is 35.5 Å². The molecule has 0 spiro atoms. The monoisotopic (exact) mass is 984 g/mol. The number of hydrogen-bond acceptors (Lipinski definition) is 12. The first-order valence-corrected chi connectivity index (χ1v) is 23.4. The molecule has 0 saturated heterocycles. The third-order valence-electron chi connectivity index (χ3n) is 12.1. The van der Waals surface area contributed by atoms with Crippen molar-refractivity contribution in [3.8, 4) is 0 Å². The van der Waals surface area contributed by atoms with E-state index in [0.29, 0.717) is 0 Å². The highest BCUT2D eigenvalue weighted by molar-refractivity contribution is 5.79. The topological polar surface area (TPSA) is 301 Å². The molecule has 8 rings (SSSR count). The predicted molar refractivity (Wildman–Crippen MR) is 262 cm³/mol. The lowest BCUT2D eigenvalue weighted by atomic mass is 9.75. The fraction of sp³-hybridized carbons (Fsp3) is 0.333. The van der Waals surface area contributed by atoms with Crippen LogP contribution in [0.1, 0.15) is 71.9 Å². The molecule has 0 atom stereocenters. The van der Waals surface area contributed by atoms with Crippen LogP contribution in [0.3, 0.4) is 0 Å². The highest BCUT2D eigenvalue weighted by atomic mass is 16.4. The van der Waals surface area contributed by atoms with E-state index < -0.39 is 71.3 Å². The molecule has 6 aromatic heterocycles. The Morgan fingerprint density at radius 2 is 0.375 bits per heavy atom. The molecule has 0 unspecified atom stereocenters. The average molecular weight is 985 g/mol. The molecule has 72 heavy (non-hydrogen) atoms. The summed E-state index contributed by atoms with van der Waals surface area (Å²) in [5.41, 5.74) is 7.98. The van der Waals surface area contributed by atoms with Gasteiger partial charge in [-0.05, 0) is 183 Å². The second-order valence-corrected chi connectivity index (χ2v) is 17.3. The van der Waals surface area contributed by atoms with Crippen LogP contribution in [0.2, 0.25) is 0 Å². The first-order chi connectivity index (χ1) is 34.7. The molecule has 0 aromatic carbocycles. The number of pyridine rings is 6. The standard InChI is InChI=1S/3C12H12N2.2C9H12O6/c3*1(11-3-7-13-8-4-11)2-12-5-9-14-10-6-12;2*10-7(11)4-1-5(8(12)13)3-6(2-4)9(14)15/h3*3-10H,1-2H2;2*4-6H,1-3H2,(H,10,11)(H,12,13)(H,14,15). The number of carbonyl (C=O) groups is 6. The smallest absolute Gasteiger partial charge is 0.306 e. The number of nitrogens with zero attached hydrogens (tertiary/aromatic N) is 6. The molecule has 18 nitrogen and oxygen atoms in total. The molecule has 0 amide bonds. The van der Waals surface area contributed by atoms with Gasteiger partial charge in [0.25, 0.3) is 0 Å². The Kier molecular flexibility index (Phi) is 24.3. The van der Waals surface area contributed by atoms with Gasteiger partial charge in [0, 0.05) is 74.4 Å². The van der Waals surface area contributed by atoms with Crippen LogP contribution in [0.25, 0.3) is 0 Å². The van der Waals surface area contributed by atoms with E-state index in [4.69, 9.17) is 30.6 Å². The SMILES string of the molecule is O=C(O)C1CC(C(=O)O)CC(C(=O)O)C1.O=C(O)C1CC(C(=O)O)CC(C(=O)O)C1.c1cc(CCc2ccncc2)ccn1.c1cc(CCc2ccncc2)ccn1.c1cc(CCc2ccncc2)ccn1. The van der Waals surface area contributed by atoms with Crippen molar-refractivity contribution in [2.45, 2.75) is 77.0 Å². The minimum absolute atomic E-state index is 0.0223. The zero-order chi connectivity index (χ0) is 52.1. The number of hydrogen-bond donors (Lipinski definition) is 6. The predicted octanol–water partition coefficient (Wildman–Crippen LogP) is 7.33. The number of carboxylic acids is 6. The summed E-state index contributed by atoms with van der Waals surface area (Å²) in [6, 6.07) is 24.7. The van der Waals surface area contributed by atoms with Crippen molar-refractivity contribution in [3.63, 3.8) is 0 Å². The normalized spacial score (nSPS) is 18.7. The highest BCUT2D eigenvalue weighted by Crippen LogP contribution is 2.35. The molecule has 6 N–H and O–H groups in total. The molecule has 18 heteroatoms. The van der Waals surface area contributed by atoms with Gasteiger partial charge in [-0.3, -0.25) is 58.7 Å². The fourth-order valence-corrected chi connectivity index (χ4v) is 8.01. The van der Waals surface area contributed by atoms with Gasteiger partial charge in [0.05, 0.1) is 35.5 Å². The summed E-state index contributed by atoms with van der Waals surface area (Å²) in [6.07, 6.45) is 28.5. The van der Waals surface area contributed by atoms with Gasteiger partial charge < -0.3 is 30.6 Å². The Hall–Kier alpha value is -8.28. The van der Waals surface area contributed by atoms with Crippen molar-refractivity contribution < 1.29 is 59.4 Å². The Morgan fingerprint density at radius 1 is 0.264 bits per heavy atom. The largest absolute Gasteiger partial charge is 0.481 e. The van der Waals surface area contributed by atoms with Crippen LogP contribution in [-0.4, -0.2) is 96.4 Å².